The number of hydrogen-bond donors (Lipinski definition) is 1. The van der Waals surface area contributed by atoms with Crippen LogP contribution in [-0.4, -0.2) is 17.4 Å². The molecule has 110 valence electrons. The summed E-state index contributed by atoms with van der Waals surface area (Å²) < 4.78 is 0. The molecule has 0 spiro atoms. The van der Waals surface area contributed by atoms with Gasteiger partial charge < -0.3 is 10.2 Å². The van der Waals surface area contributed by atoms with Crippen LogP contribution in [-0.2, 0) is 17.8 Å². The average Bonchev–Trinajstić information content (AvgIpc) is 2.46. The maximum Gasteiger partial charge on any atom is 0.221 e. The highest BCUT2D eigenvalue weighted by Gasteiger charge is 2.17. The molecule has 0 bridgehead atoms. The minimum atomic E-state index is -0.0638. The van der Waals surface area contributed by atoms with Crippen LogP contribution >= 0.6 is 12.4 Å². The summed E-state index contributed by atoms with van der Waals surface area (Å²) in [6.07, 6.45) is 2.77. The Bertz CT molecular complexity index is 645. The molecular formula is C16H18ClN3O. The van der Waals surface area contributed by atoms with Crippen LogP contribution in [0.1, 0.15) is 18.1 Å². The second-order valence-corrected chi connectivity index (χ2v) is 5.02. The normalized spacial score (nSPS) is 13.1. The van der Waals surface area contributed by atoms with Crippen LogP contribution in [0.15, 0.2) is 42.6 Å². The van der Waals surface area contributed by atoms with Crippen molar-refractivity contribution < 1.29 is 4.79 Å². The van der Waals surface area contributed by atoms with Crippen LogP contribution in [0.25, 0.3) is 0 Å². The number of hydrogen-bond acceptors (Lipinski definition) is 3. The molecule has 0 radical (unpaired) electrons. The number of halogens is 1. The summed E-state index contributed by atoms with van der Waals surface area (Å²) in [4.78, 5) is 17.8. The lowest BCUT2D eigenvalue weighted by Gasteiger charge is -2.30. The summed E-state index contributed by atoms with van der Waals surface area (Å²) in [5.41, 5.74) is 3.56. The van der Waals surface area contributed by atoms with Gasteiger partial charge in [0.1, 0.15) is 5.82 Å². The van der Waals surface area contributed by atoms with E-state index in [9.17, 15) is 4.79 Å². The number of nitrogens with zero attached hydrogens (tertiary/aromatic N) is 2. The van der Waals surface area contributed by atoms with Gasteiger partial charge in [-0.1, -0.05) is 24.3 Å². The molecule has 0 atom stereocenters. The Labute approximate surface area is 130 Å². The Balaban J connectivity index is 0.00000161. The first kappa shape index (κ1) is 15.3. The van der Waals surface area contributed by atoms with Crippen molar-refractivity contribution in [3.8, 4) is 0 Å². The van der Waals surface area contributed by atoms with E-state index in [1.165, 1.54) is 18.1 Å². The molecular weight excluding hydrogens is 286 g/mol. The fourth-order valence-electron chi connectivity index (χ4n) is 2.56. The lowest BCUT2D eigenvalue weighted by molar-refractivity contribution is -0.114. The van der Waals surface area contributed by atoms with Gasteiger partial charge in [0.25, 0.3) is 0 Å². The zero-order valence-corrected chi connectivity index (χ0v) is 12.7. The van der Waals surface area contributed by atoms with Crippen LogP contribution in [0.2, 0.25) is 0 Å². The van der Waals surface area contributed by atoms with Gasteiger partial charge >= 0.3 is 0 Å². The Morgan fingerprint density at radius 3 is 2.76 bits per heavy atom. The van der Waals surface area contributed by atoms with Gasteiger partial charge in [-0.05, 0) is 23.6 Å². The molecule has 1 aromatic heterocycles. The standard InChI is InChI=1S/C16H17N3O.ClH/c1-12(20)18-15-6-8-17-16(10-15)19-9-7-13-4-2-3-5-14(13)11-19;/h2-6,8,10H,7,9,11H2,1H3,(H,17,18,20);1H. The molecule has 1 aliphatic heterocycles. The van der Waals surface area contributed by atoms with Gasteiger partial charge in [0, 0.05) is 38.0 Å². The molecule has 2 aromatic rings. The second kappa shape index (κ2) is 6.59. The summed E-state index contributed by atoms with van der Waals surface area (Å²) in [5, 5.41) is 2.80. The molecule has 1 aliphatic rings. The number of carbonyl (C=O) groups excluding carboxylic acids is 1. The van der Waals surface area contributed by atoms with Gasteiger partial charge in [-0.25, -0.2) is 4.98 Å². The topological polar surface area (TPSA) is 45.2 Å². The SMILES string of the molecule is CC(=O)Nc1ccnc(N2CCc3ccccc3C2)c1.Cl. The molecule has 0 saturated heterocycles. The average molecular weight is 304 g/mol. The first-order chi connectivity index (χ1) is 9.72. The first-order valence-electron chi connectivity index (χ1n) is 6.78. The first-order valence-corrected chi connectivity index (χ1v) is 6.78. The highest BCUT2D eigenvalue weighted by molar-refractivity contribution is 5.89. The van der Waals surface area contributed by atoms with E-state index in [1.54, 1.807) is 6.20 Å². The van der Waals surface area contributed by atoms with Gasteiger partial charge in [-0.3, -0.25) is 4.79 Å². The number of pyridine rings is 1. The van der Waals surface area contributed by atoms with E-state index in [-0.39, 0.29) is 18.3 Å². The molecule has 21 heavy (non-hydrogen) atoms. The summed E-state index contributed by atoms with van der Waals surface area (Å²) in [6, 6.07) is 12.2. The van der Waals surface area contributed by atoms with E-state index < -0.39 is 0 Å². The van der Waals surface area contributed by atoms with E-state index in [0.29, 0.717) is 0 Å². The number of anilines is 2. The van der Waals surface area contributed by atoms with Crippen molar-refractivity contribution >= 4 is 29.8 Å². The van der Waals surface area contributed by atoms with Gasteiger partial charge in [0.05, 0.1) is 0 Å². The third-order valence-electron chi connectivity index (χ3n) is 3.52. The maximum atomic E-state index is 11.1. The van der Waals surface area contributed by atoms with E-state index in [2.05, 4.69) is 39.5 Å². The molecule has 0 fully saturated rings. The number of rotatable bonds is 2. The zero-order chi connectivity index (χ0) is 13.9. The van der Waals surface area contributed by atoms with Crippen molar-refractivity contribution in [2.75, 3.05) is 16.8 Å². The van der Waals surface area contributed by atoms with E-state index in [4.69, 9.17) is 0 Å². The molecule has 3 rings (SSSR count). The zero-order valence-electron chi connectivity index (χ0n) is 11.9. The molecule has 0 aliphatic carbocycles. The van der Waals surface area contributed by atoms with Crippen LogP contribution in [0, 0.1) is 0 Å². The highest BCUT2D eigenvalue weighted by atomic mass is 35.5. The Morgan fingerprint density at radius 2 is 2.00 bits per heavy atom. The molecule has 5 heteroatoms. The van der Waals surface area contributed by atoms with E-state index in [1.807, 2.05) is 12.1 Å². The molecule has 2 heterocycles. The van der Waals surface area contributed by atoms with Crippen molar-refractivity contribution in [2.45, 2.75) is 19.9 Å². The van der Waals surface area contributed by atoms with Crippen molar-refractivity contribution in [1.82, 2.24) is 4.98 Å². The van der Waals surface area contributed by atoms with Crippen LogP contribution in [0.5, 0.6) is 0 Å². The second-order valence-electron chi connectivity index (χ2n) is 5.02. The third kappa shape index (κ3) is 3.52. The van der Waals surface area contributed by atoms with Gasteiger partial charge in [-0.15, -0.1) is 12.4 Å². The van der Waals surface area contributed by atoms with Crippen molar-refractivity contribution in [3.05, 3.63) is 53.7 Å². The number of benzene rings is 1. The van der Waals surface area contributed by atoms with Crippen molar-refractivity contribution in [1.29, 1.82) is 0 Å². The molecule has 4 nitrogen and oxygen atoms in total. The lowest BCUT2D eigenvalue weighted by atomic mass is 10.00. The largest absolute Gasteiger partial charge is 0.352 e. The molecule has 0 saturated carbocycles. The van der Waals surface area contributed by atoms with Gasteiger partial charge in [0.15, 0.2) is 0 Å². The monoisotopic (exact) mass is 303 g/mol. The smallest absolute Gasteiger partial charge is 0.221 e. The Kier molecular flexibility index (Phi) is 4.81. The fraction of sp³-hybridized carbons (Fsp3) is 0.250. The van der Waals surface area contributed by atoms with Gasteiger partial charge in [-0.2, -0.15) is 0 Å². The van der Waals surface area contributed by atoms with Crippen molar-refractivity contribution in [2.24, 2.45) is 0 Å². The number of aromatic nitrogens is 1. The predicted molar refractivity (Wildman–Crippen MR) is 87.0 cm³/mol. The quantitative estimate of drug-likeness (QED) is 0.927. The van der Waals surface area contributed by atoms with E-state index >= 15 is 0 Å². The van der Waals surface area contributed by atoms with Gasteiger partial charge in [0.2, 0.25) is 5.91 Å². The molecule has 1 aromatic carbocycles. The number of fused-ring (bicyclic) bond motifs is 1. The Morgan fingerprint density at radius 1 is 1.24 bits per heavy atom. The van der Waals surface area contributed by atoms with Crippen LogP contribution < -0.4 is 10.2 Å². The van der Waals surface area contributed by atoms with Crippen LogP contribution in [0.4, 0.5) is 11.5 Å². The fourth-order valence-corrected chi connectivity index (χ4v) is 2.56. The predicted octanol–water partition coefficient (Wildman–Crippen LogP) is 3.02. The Hall–Kier alpha value is -2.07. The summed E-state index contributed by atoms with van der Waals surface area (Å²) >= 11 is 0. The molecule has 1 amide bonds. The highest BCUT2D eigenvalue weighted by Crippen LogP contribution is 2.24. The summed E-state index contributed by atoms with van der Waals surface area (Å²) in [6.45, 7) is 3.33. The maximum absolute atomic E-state index is 11.1. The van der Waals surface area contributed by atoms with Crippen LogP contribution in [0.3, 0.4) is 0 Å². The lowest BCUT2D eigenvalue weighted by Crippen LogP contribution is -2.31. The number of nitrogens with one attached hydrogen (secondary N) is 1. The summed E-state index contributed by atoms with van der Waals surface area (Å²) in [7, 11) is 0. The minimum absolute atomic E-state index is 0. The van der Waals surface area contributed by atoms with E-state index in [0.717, 1.165) is 31.0 Å². The minimum Gasteiger partial charge on any atom is -0.352 e. The molecule has 0 unspecified atom stereocenters. The van der Waals surface area contributed by atoms with Crippen molar-refractivity contribution in [3.63, 3.8) is 0 Å². The third-order valence-corrected chi connectivity index (χ3v) is 3.52. The number of carbonyl (C=O) groups is 1. The number of amides is 1. The molecule has 1 N–H and O–H groups in total. The summed E-state index contributed by atoms with van der Waals surface area (Å²) in [5.74, 6) is 0.844.